The quantitative estimate of drug-likeness (QED) is 0.115. The Labute approximate surface area is 251 Å². The number of hydrogen-bond acceptors (Lipinski definition) is 2. The molecule has 0 aliphatic rings. The number of amides is 1. The maximum absolute atomic E-state index is 12.4. The second-order valence-electron chi connectivity index (χ2n) is 11.3. The molecule has 1 heterocycles. The Hall–Kier alpha value is -2.14. The first-order valence-corrected chi connectivity index (χ1v) is 17.0. The average Bonchev–Trinajstić information content (AvgIpc) is 3.32. The van der Waals surface area contributed by atoms with Crippen molar-refractivity contribution in [1.82, 2.24) is 14.9 Å². The molecule has 0 unspecified atom stereocenters. The van der Waals surface area contributed by atoms with Crippen LogP contribution in [0.4, 0.5) is 0 Å². The minimum absolute atomic E-state index is 0.0250. The largest absolute Gasteiger partial charge is 0.352 e. The number of carbonyl (C=O) groups excluding carboxylic acids is 1. The van der Waals surface area contributed by atoms with Gasteiger partial charge in [0.1, 0.15) is 5.82 Å². The van der Waals surface area contributed by atoms with Gasteiger partial charge in [0.25, 0.3) is 5.91 Å². The summed E-state index contributed by atoms with van der Waals surface area (Å²) in [6, 6.07) is 16.0. The lowest BCUT2D eigenvalue weighted by Crippen LogP contribution is -2.25. The van der Waals surface area contributed by atoms with E-state index in [-0.39, 0.29) is 5.91 Å². The Kier molecular flexibility index (Phi) is 16.1. The fraction of sp³-hybridized carbons (Fsp3) is 0.600. The zero-order valence-corrected chi connectivity index (χ0v) is 26.5. The van der Waals surface area contributed by atoms with Crippen molar-refractivity contribution in [2.24, 2.45) is 0 Å². The van der Waals surface area contributed by atoms with Crippen molar-refractivity contribution in [3.05, 3.63) is 64.4 Å². The normalized spacial score (nSPS) is 11.3. The molecule has 4 nitrogen and oxygen atoms in total. The van der Waals surface area contributed by atoms with Crippen molar-refractivity contribution in [2.75, 3.05) is 6.54 Å². The number of rotatable bonds is 22. The Bertz CT molecular complexity index is 1110. The van der Waals surface area contributed by atoms with Crippen LogP contribution in [0.2, 0.25) is 0 Å². The lowest BCUT2D eigenvalue weighted by atomic mass is 10.0. The van der Waals surface area contributed by atoms with Crippen molar-refractivity contribution in [3.63, 3.8) is 0 Å². The highest BCUT2D eigenvalue weighted by Gasteiger charge is 2.11. The van der Waals surface area contributed by atoms with Gasteiger partial charge in [0.15, 0.2) is 0 Å². The van der Waals surface area contributed by atoms with Crippen LogP contribution in [0.3, 0.4) is 0 Å². The summed E-state index contributed by atoms with van der Waals surface area (Å²) in [5.74, 6) is 1.11. The molecule has 0 aliphatic heterocycles. The highest BCUT2D eigenvalue weighted by atomic mass is 79.9. The number of unbranched alkanes of at least 4 members (excludes halogenated alkanes) is 15. The van der Waals surface area contributed by atoms with Crippen LogP contribution in [0.5, 0.6) is 0 Å². The summed E-state index contributed by atoms with van der Waals surface area (Å²) in [4.78, 5) is 17.4. The number of fused-ring (bicyclic) bond motifs is 1. The molecule has 5 heteroatoms. The van der Waals surface area contributed by atoms with Gasteiger partial charge in [-0.3, -0.25) is 4.79 Å². The van der Waals surface area contributed by atoms with Gasteiger partial charge in [-0.05, 0) is 43.2 Å². The van der Waals surface area contributed by atoms with Crippen LogP contribution in [-0.4, -0.2) is 22.0 Å². The maximum Gasteiger partial charge on any atom is 0.251 e. The summed E-state index contributed by atoms with van der Waals surface area (Å²) in [6.07, 6.45) is 24.0. The zero-order valence-electron chi connectivity index (χ0n) is 24.9. The molecule has 220 valence electrons. The second kappa shape index (κ2) is 19.9. The summed E-state index contributed by atoms with van der Waals surface area (Å²) < 4.78 is 3.33. The van der Waals surface area contributed by atoms with E-state index in [9.17, 15) is 4.79 Å². The minimum Gasteiger partial charge on any atom is -0.352 e. The van der Waals surface area contributed by atoms with Crippen molar-refractivity contribution in [1.29, 1.82) is 0 Å². The fourth-order valence-electron chi connectivity index (χ4n) is 5.56. The smallest absolute Gasteiger partial charge is 0.251 e. The van der Waals surface area contributed by atoms with Crippen molar-refractivity contribution in [2.45, 2.75) is 129 Å². The predicted molar refractivity (Wildman–Crippen MR) is 174 cm³/mol. The molecule has 40 heavy (non-hydrogen) atoms. The van der Waals surface area contributed by atoms with E-state index < -0.39 is 0 Å². The van der Waals surface area contributed by atoms with Crippen LogP contribution in [-0.2, 0) is 13.0 Å². The number of benzene rings is 2. The van der Waals surface area contributed by atoms with E-state index in [1.165, 1.54) is 108 Å². The summed E-state index contributed by atoms with van der Waals surface area (Å²) in [5.41, 5.74) is 2.99. The summed E-state index contributed by atoms with van der Waals surface area (Å²) >= 11 is 3.44. The Morgan fingerprint density at radius 2 is 1.35 bits per heavy atom. The van der Waals surface area contributed by atoms with Gasteiger partial charge < -0.3 is 9.88 Å². The molecule has 0 saturated heterocycles. The minimum atomic E-state index is -0.0250. The second-order valence-corrected chi connectivity index (χ2v) is 12.3. The van der Waals surface area contributed by atoms with Crippen LogP contribution < -0.4 is 5.32 Å². The van der Waals surface area contributed by atoms with Crippen LogP contribution in [0.15, 0.2) is 53.0 Å². The molecule has 3 rings (SSSR count). The number of nitrogens with one attached hydrogen (secondary N) is 1. The molecule has 1 amide bonds. The van der Waals surface area contributed by atoms with Crippen molar-refractivity contribution in [3.8, 4) is 0 Å². The molecule has 0 aliphatic carbocycles. The molecule has 1 N–H and O–H groups in total. The van der Waals surface area contributed by atoms with Gasteiger partial charge in [-0.25, -0.2) is 4.98 Å². The molecule has 0 fully saturated rings. The number of nitrogens with zero attached hydrogens (tertiary/aromatic N) is 2. The third-order valence-corrected chi connectivity index (χ3v) is 8.41. The summed E-state index contributed by atoms with van der Waals surface area (Å²) in [7, 11) is 0. The van der Waals surface area contributed by atoms with Gasteiger partial charge in [-0.1, -0.05) is 137 Å². The molecule has 0 spiro atoms. The molecule has 1 aromatic heterocycles. The van der Waals surface area contributed by atoms with Crippen LogP contribution in [0, 0.1) is 0 Å². The first kappa shape index (κ1) is 32.4. The van der Waals surface area contributed by atoms with Crippen molar-refractivity contribution < 1.29 is 4.79 Å². The number of para-hydroxylation sites is 2. The number of imidazole rings is 1. The molecular formula is C35H52BrN3O. The maximum atomic E-state index is 12.4. The van der Waals surface area contributed by atoms with Gasteiger partial charge >= 0.3 is 0 Å². The van der Waals surface area contributed by atoms with E-state index in [1.54, 1.807) is 0 Å². The summed E-state index contributed by atoms with van der Waals surface area (Å²) in [5, 5.41) is 3.05. The lowest BCUT2D eigenvalue weighted by molar-refractivity contribution is 0.0953. The third kappa shape index (κ3) is 12.2. The zero-order chi connectivity index (χ0) is 28.3. The number of aromatic nitrogens is 2. The van der Waals surface area contributed by atoms with E-state index in [2.05, 4.69) is 57.0 Å². The highest BCUT2D eigenvalue weighted by molar-refractivity contribution is 9.10. The summed E-state index contributed by atoms with van der Waals surface area (Å²) in [6.45, 7) is 3.96. The lowest BCUT2D eigenvalue weighted by Gasteiger charge is -2.10. The number of halogens is 1. The fourth-order valence-corrected chi connectivity index (χ4v) is 5.96. The first-order valence-electron chi connectivity index (χ1n) is 16.2. The van der Waals surface area contributed by atoms with Gasteiger partial charge in [-0.2, -0.15) is 0 Å². The average molecular weight is 611 g/mol. The van der Waals surface area contributed by atoms with E-state index in [0.717, 1.165) is 35.2 Å². The standard InChI is InChI=1S/C35H52BrN3O/c1-2-3-4-5-6-7-8-9-10-11-12-13-14-15-16-19-28-39-33-25-18-17-24-32(33)38-34(39)26-21-27-37-35(40)30-22-20-23-31(36)29-30/h17-18,20,22-25,29H,2-16,19,21,26-28H2,1H3,(H,37,40). The van der Waals surface area contributed by atoms with E-state index in [1.807, 2.05) is 24.3 Å². The predicted octanol–water partition coefficient (Wildman–Crippen LogP) is 10.4. The van der Waals surface area contributed by atoms with Gasteiger partial charge in [-0.15, -0.1) is 0 Å². The highest BCUT2D eigenvalue weighted by Crippen LogP contribution is 2.19. The van der Waals surface area contributed by atoms with Gasteiger partial charge in [0.05, 0.1) is 11.0 Å². The molecule has 0 atom stereocenters. The monoisotopic (exact) mass is 609 g/mol. The Morgan fingerprint density at radius 3 is 1.98 bits per heavy atom. The topological polar surface area (TPSA) is 46.9 Å². The van der Waals surface area contributed by atoms with Gasteiger partial charge in [0, 0.05) is 29.5 Å². The molecule has 2 aromatic carbocycles. The van der Waals surface area contributed by atoms with E-state index in [4.69, 9.17) is 4.98 Å². The molecule has 0 radical (unpaired) electrons. The Balaban J connectivity index is 1.27. The number of hydrogen-bond donors (Lipinski definition) is 1. The van der Waals surface area contributed by atoms with Crippen LogP contribution in [0.25, 0.3) is 11.0 Å². The van der Waals surface area contributed by atoms with Gasteiger partial charge in [0.2, 0.25) is 0 Å². The van der Waals surface area contributed by atoms with Crippen molar-refractivity contribution >= 4 is 32.9 Å². The molecule has 0 bridgehead atoms. The van der Waals surface area contributed by atoms with Crippen LogP contribution >= 0.6 is 15.9 Å². The number of carbonyl (C=O) groups is 1. The number of aryl methyl sites for hydroxylation is 2. The third-order valence-electron chi connectivity index (χ3n) is 7.92. The van der Waals surface area contributed by atoms with E-state index >= 15 is 0 Å². The molecular weight excluding hydrogens is 558 g/mol. The Morgan fingerprint density at radius 1 is 0.750 bits per heavy atom. The van der Waals surface area contributed by atoms with E-state index in [0.29, 0.717) is 12.1 Å². The molecule has 3 aromatic rings. The van der Waals surface area contributed by atoms with Crippen LogP contribution in [0.1, 0.15) is 132 Å². The SMILES string of the molecule is CCCCCCCCCCCCCCCCCCn1c(CCCNC(=O)c2cccc(Br)c2)nc2ccccc21. The molecule has 0 saturated carbocycles. The first-order chi connectivity index (χ1) is 19.7.